The first-order chi connectivity index (χ1) is 12.8. The maximum Gasteiger partial charge on any atom is 0.136 e. The lowest BCUT2D eigenvalue weighted by Crippen LogP contribution is -2.07. The monoisotopic (exact) mass is 351 g/mol. The van der Waals surface area contributed by atoms with Gasteiger partial charge >= 0.3 is 0 Å². The third-order valence-corrected chi connectivity index (χ3v) is 5.44. The molecular formula is C22H13N3S. The second kappa shape index (κ2) is 5.83. The van der Waals surface area contributed by atoms with E-state index < -0.39 is 0 Å². The SMILES string of the molecule is N#CC(c1nc(-c2ccccc2)cs1)=c1[nH]c2cccc3cccc1c32. The summed E-state index contributed by atoms with van der Waals surface area (Å²) < 4.78 is 0. The molecule has 0 radical (unpaired) electrons. The molecule has 0 spiro atoms. The lowest BCUT2D eigenvalue weighted by molar-refractivity contribution is 1.33. The molecule has 3 aromatic carbocycles. The van der Waals surface area contributed by atoms with Gasteiger partial charge in [-0.1, -0.05) is 60.7 Å². The van der Waals surface area contributed by atoms with E-state index in [1.807, 2.05) is 53.9 Å². The number of H-pyrrole nitrogens is 1. The number of aromatic nitrogens is 2. The zero-order valence-electron chi connectivity index (χ0n) is 13.7. The van der Waals surface area contributed by atoms with Crippen molar-refractivity contribution in [3.63, 3.8) is 0 Å². The van der Waals surface area contributed by atoms with Crippen LogP contribution in [0.15, 0.2) is 72.1 Å². The van der Waals surface area contributed by atoms with Crippen LogP contribution in [0.2, 0.25) is 0 Å². The van der Waals surface area contributed by atoms with Crippen molar-refractivity contribution in [1.82, 2.24) is 9.97 Å². The number of hydrogen-bond acceptors (Lipinski definition) is 3. The van der Waals surface area contributed by atoms with Crippen molar-refractivity contribution in [2.75, 3.05) is 0 Å². The van der Waals surface area contributed by atoms with Gasteiger partial charge in [0.15, 0.2) is 0 Å². The topological polar surface area (TPSA) is 52.5 Å². The molecule has 0 saturated carbocycles. The van der Waals surface area contributed by atoms with E-state index in [2.05, 4.69) is 29.3 Å². The Kier molecular flexibility index (Phi) is 3.34. The molecule has 0 aliphatic rings. The Morgan fingerprint density at radius 3 is 2.58 bits per heavy atom. The number of thiazole rings is 1. The molecule has 4 heteroatoms. The molecule has 0 aliphatic carbocycles. The molecule has 1 N–H and O–H groups in total. The molecule has 0 unspecified atom stereocenters. The highest BCUT2D eigenvalue weighted by molar-refractivity contribution is 7.11. The van der Waals surface area contributed by atoms with Crippen LogP contribution in [0, 0.1) is 11.3 Å². The second-order valence-corrected chi connectivity index (χ2v) is 6.96. The molecule has 0 bridgehead atoms. The summed E-state index contributed by atoms with van der Waals surface area (Å²) >= 11 is 1.50. The molecule has 122 valence electrons. The van der Waals surface area contributed by atoms with Gasteiger partial charge in [-0.05, 0) is 11.5 Å². The third kappa shape index (κ3) is 2.22. The predicted molar refractivity (Wildman–Crippen MR) is 107 cm³/mol. The molecule has 0 aliphatic heterocycles. The summed E-state index contributed by atoms with van der Waals surface area (Å²) in [5.74, 6) is 0. The number of rotatable bonds is 2. The van der Waals surface area contributed by atoms with Gasteiger partial charge in [-0.2, -0.15) is 5.26 Å². The Balaban J connectivity index is 1.79. The van der Waals surface area contributed by atoms with Crippen molar-refractivity contribution >= 4 is 38.6 Å². The van der Waals surface area contributed by atoms with Crippen molar-refractivity contribution in [3.05, 3.63) is 82.5 Å². The zero-order chi connectivity index (χ0) is 17.5. The normalized spacial score (nSPS) is 12.4. The fourth-order valence-corrected chi connectivity index (χ4v) is 4.22. The molecule has 0 saturated heterocycles. The number of nitriles is 1. The summed E-state index contributed by atoms with van der Waals surface area (Å²) in [6.45, 7) is 0. The molecule has 0 fully saturated rings. The van der Waals surface area contributed by atoms with E-state index in [1.54, 1.807) is 0 Å². The van der Waals surface area contributed by atoms with Crippen LogP contribution in [-0.2, 0) is 0 Å². The van der Waals surface area contributed by atoms with E-state index in [9.17, 15) is 5.26 Å². The minimum absolute atomic E-state index is 0.584. The summed E-state index contributed by atoms with van der Waals surface area (Å²) in [5.41, 5.74) is 3.58. The van der Waals surface area contributed by atoms with Crippen molar-refractivity contribution in [2.24, 2.45) is 0 Å². The Hall–Kier alpha value is -3.42. The van der Waals surface area contributed by atoms with Crippen LogP contribution in [0.4, 0.5) is 0 Å². The van der Waals surface area contributed by atoms with Gasteiger partial charge < -0.3 is 4.98 Å². The van der Waals surface area contributed by atoms with E-state index >= 15 is 0 Å². The van der Waals surface area contributed by atoms with E-state index in [4.69, 9.17) is 4.98 Å². The first-order valence-electron chi connectivity index (χ1n) is 8.30. The maximum absolute atomic E-state index is 9.87. The number of nitrogens with one attached hydrogen (secondary N) is 1. The molecule has 0 amide bonds. The van der Waals surface area contributed by atoms with Crippen LogP contribution in [0.5, 0.6) is 0 Å². The van der Waals surface area contributed by atoms with Crippen molar-refractivity contribution in [3.8, 4) is 17.3 Å². The Bertz CT molecular complexity index is 1330. The largest absolute Gasteiger partial charge is 0.353 e. The standard InChI is InChI=1S/C22H13N3S/c23-12-17(22-25-19(13-26-22)14-6-2-1-3-7-14)21-16-10-4-8-15-9-5-11-18(24-21)20(15)16/h1-11,13,24H. The molecule has 2 heterocycles. The number of aromatic amines is 1. The molecular weight excluding hydrogens is 338 g/mol. The van der Waals surface area contributed by atoms with Gasteiger partial charge in [0, 0.05) is 27.2 Å². The molecule has 0 atom stereocenters. The molecule has 3 nitrogen and oxygen atoms in total. The molecule has 5 aromatic rings. The average molecular weight is 351 g/mol. The van der Waals surface area contributed by atoms with Crippen LogP contribution < -0.4 is 5.35 Å². The highest BCUT2D eigenvalue weighted by Gasteiger charge is 2.14. The smallest absolute Gasteiger partial charge is 0.136 e. The second-order valence-electron chi connectivity index (χ2n) is 6.10. The maximum atomic E-state index is 9.87. The quantitative estimate of drug-likeness (QED) is 0.492. The van der Waals surface area contributed by atoms with Gasteiger partial charge in [0.25, 0.3) is 0 Å². The van der Waals surface area contributed by atoms with Crippen LogP contribution >= 0.6 is 11.3 Å². The summed E-state index contributed by atoms with van der Waals surface area (Å²) in [4.78, 5) is 8.15. The van der Waals surface area contributed by atoms with Gasteiger partial charge in [0.05, 0.1) is 11.0 Å². The van der Waals surface area contributed by atoms with Crippen molar-refractivity contribution in [1.29, 1.82) is 5.26 Å². The molecule has 2 aromatic heterocycles. The van der Waals surface area contributed by atoms with Crippen LogP contribution in [0.1, 0.15) is 5.01 Å². The van der Waals surface area contributed by atoms with E-state index in [0.717, 1.165) is 37.9 Å². The van der Waals surface area contributed by atoms with Crippen molar-refractivity contribution < 1.29 is 0 Å². The van der Waals surface area contributed by atoms with Crippen molar-refractivity contribution in [2.45, 2.75) is 0 Å². The fraction of sp³-hybridized carbons (Fsp3) is 0. The first-order valence-corrected chi connectivity index (χ1v) is 9.18. The van der Waals surface area contributed by atoms with E-state index in [-0.39, 0.29) is 0 Å². The van der Waals surface area contributed by atoms with E-state index in [0.29, 0.717) is 5.57 Å². The summed E-state index contributed by atoms with van der Waals surface area (Å²) in [5, 5.41) is 16.8. The van der Waals surface area contributed by atoms with Gasteiger partial charge in [-0.3, -0.25) is 0 Å². The minimum atomic E-state index is 0.584. The molecule has 5 rings (SSSR count). The molecule has 26 heavy (non-hydrogen) atoms. The van der Waals surface area contributed by atoms with Crippen LogP contribution in [0.25, 0.3) is 38.5 Å². The summed E-state index contributed by atoms with van der Waals surface area (Å²) in [6, 6.07) is 24.8. The highest BCUT2D eigenvalue weighted by Crippen LogP contribution is 2.27. The zero-order valence-corrected chi connectivity index (χ0v) is 14.5. The van der Waals surface area contributed by atoms with Gasteiger partial charge in [0.1, 0.15) is 16.6 Å². The van der Waals surface area contributed by atoms with Crippen LogP contribution in [-0.4, -0.2) is 9.97 Å². The third-order valence-electron chi connectivity index (χ3n) is 4.58. The lowest BCUT2D eigenvalue weighted by atomic mass is 10.1. The Morgan fingerprint density at radius 2 is 1.77 bits per heavy atom. The van der Waals surface area contributed by atoms with Gasteiger partial charge in [0.2, 0.25) is 0 Å². The number of benzene rings is 3. The Morgan fingerprint density at radius 1 is 0.962 bits per heavy atom. The fourth-order valence-electron chi connectivity index (χ4n) is 3.39. The Labute approximate surface area is 153 Å². The number of hydrogen-bond donors (Lipinski definition) is 1. The lowest BCUT2D eigenvalue weighted by Gasteiger charge is -1.96. The first kappa shape index (κ1) is 14.9. The van der Waals surface area contributed by atoms with Gasteiger partial charge in [-0.25, -0.2) is 4.98 Å². The van der Waals surface area contributed by atoms with Crippen LogP contribution in [0.3, 0.4) is 0 Å². The highest BCUT2D eigenvalue weighted by atomic mass is 32.1. The number of nitrogens with zero attached hydrogens (tertiary/aromatic N) is 2. The van der Waals surface area contributed by atoms with Gasteiger partial charge in [-0.15, -0.1) is 11.3 Å². The predicted octanol–water partition coefficient (Wildman–Crippen LogP) is 4.89. The average Bonchev–Trinajstić information content (AvgIpc) is 3.31. The summed E-state index contributed by atoms with van der Waals surface area (Å²) in [6.07, 6.45) is 0. The summed E-state index contributed by atoms with van der Waals surface area (Å²) in [7, 11) is 0. The van der Waals surface area contributed by atoms with E-state index in [1.165, 1.54) is 16.7 Å². The minimum Gasteiger partial charge on any atom is -0.353 e.